The largest absolute Gasteiger partial charge is 0.493 e. The van der Waals surface area contributed by atoms with Gasteiger partial charge >= 0.3 is 0 Å². The minimum absolute atomic E-state index is 0.500. The van der Waals surface area contributed by atoms with Gasteiger partial charge in [-0.1, -0.05) is 31.5 Å². The summed E-state index contributed by atoms with van der Waals surface area (Å²) < 4.78 is 5.79. The molecule has 1 N–H and O–H groups in total. The van der Waals surface area contributed by atoms with E-state index in [-0.39, 0.29) is 0 Å². The summed E-state index contributed by atoms with van der Waals surface area (Å²) in [5, 5.41) is 4.12. The Morgan fingerprint density at radius 2 is 2.18 bits per heavy atom. The van der Waals surface area contributed by atoms with Crippen molar-refractivity contribution in [3.63, 3.8) is 0 Å². The molecule has 0 aliphatic heterocycles. The molecule has 1 unspecified atom stereocenters. The molecular weight excluding hydrogens is 234 g/mol. The van der Waals surface area contributed by atoms with Crippen molar-refractivity contribution in [1.82, 2.24) is 5.32 Å². The van der Waals surface area contributed by atoms with E-state index in [1.165, 1.54) is 6.42 Å². The van der Waals surface area contributed by atoms with E-state index in [2.05, 4.69) is 19.2 Å². The lowest BCUT2D eigenvalue weighted by Gasteiger charge is -2.15. The molecule has 0 bridgehead atoms. The van der Waals surface area contributed by atoms with Crippen LogP contribution in [0.25, 0.3) is 0 Å². The van der Waals surface area contributed by atoms with Gasteiger partial charge in [-0.15, -0.1) is 0 Å². The second-order valence-electron chi connectivity index (χ2n) is 4.53. The van der Waals surface area contributed by atoms with Gasteiger partial charge in [-0.2, -0.15) is 0 Å². The highest BCUT2D eigenvalue weighted by atomic mass is 35.5. The van der Waals surface area contributed by atoms with Gasteiger partial charge in [-0.25, -0.2) is 0 Å². The van der Waals surface area contributed by atoms with Crippen LogP contribution in [0.1, 0.15) is 25.8 Å². The molecule has 0 fully saturated rings. The molecule has 3 heteroatoms. The fraction of sp³-hybridized carbons (Fsp3) is 0.571. The van der Waals surface area contributed by atoms with Crippen LogP contribution in [0, 0.1) is 12.8 Å². The summed E-state index contributed by atoms with van der Waals surface area (Å²) in [6.45, 7) is 9.17. The number of halogens is 1. The third-order valence-electron chi connectivity index (χ3n) is 2.59. The van der Waals surface area contributed by atoms with Crippen LogP contribution in [-0.4, -0.2) is 19.7 Å². The van der Waals surface area contributed by atoms with E-state index in [4.69, 9.17) is 16.3 Å². The average molecular weight is 256 g/mol. The fourth-order valence-corrected chi connectivity index (χ4v) is 1.71. The van der Waals surface area contributed by atoms with Crippen LogP contribution >= 0.6 is 11.6 Å². The Morgan fingerprint density at radius 1 is 1.41 bits per heavy atom. The summed E-state index contributed by atoms with van der Waals surface area (Å²) in [5.74, 6) is 1.39. The van der Waals surface area contributed by atoms with E-state index >= 15 is 0 Å². The first-order valence-corrected chi connectivity index (χ1v) is 6.61. The zero-order valence-electron chi connectivity index (χ0n) is 10.9. The maximum Gasteiger partial charge on any atom is 0.123 e. The number of hydrogen-bond acceptors (Lipinski definition) is 2. The van der Waals surface area contributed by atoms with Crippen molar-refractivity contribution in [2.75, 3.05) is 19.7 Å². The molecule has 1 aromatic carbocycles. The van der Waals surface area contributed by atoms with Crippen LogP contribution in [0.3, 0.4) is 0 Å². The number of rotatable bonds is 7. The third-order valence-corrected chi connectivity index (χ3v) is 2.83. The van der Waals surface area contributed by atoms with Crippen LogP contribution in [0.15, 0.2) is 18.2 Å². The Kier molecular flexibility index (Phi) is 6.38. The van der Waals surface area contributed by atoms with Gasteiger partial charge in [0.05, 0.1) is 6.61 Å². The van der Waals surface area contributed by atoms with Crippen LogP contribution < -0.4 is 10.1 Å². The summed E-state index contributed by atoms with van der Waals surface area (Å²) in [7, 11) is 0. The zero-order valence-corrected chi connectivity index (χ0v) is 11.7. The number of ether oxygens (including phenoxy) is 1. The highest BCUT2D eigenvalue weighted by Gasteiger charge is 2.05. The maximum absolute atomic E-state index is 5.94. The molecule has 0 radical (unpaired) electrons. The topological polar surface area (TPSA) is 21.3 Å². The van der Waals surface area contributed by atoms with Crippen molar-refractivity contribution >= 4 is 11.6 Å². The summed E-state index contributed by atoms with van der Waals surface area (Å²) >= 11 is 5.94. The Balaban J connectivity index is 2.36. The number of nitrogens with one attached hydrogen (secondary N) is 1. The van der Waals surface area contributed by atoms with E-state index in [1.54, 1.807) is 0 Å². The molecule has 0 saturated heterocycles. The average Bonchev–Trinajstić information content (AvgIpc) is 2.31. The first-order chi connectivity index (χ1) is 8.13. The van der Waals surface area contributed by atoms with E-state index in [0.29, 0.717) is 5.92 Å². The lowest BCUT2D eigenvalue weighted by molar-refractivity contribution is 0.254. The predicted octanol–water partition coefficient (Wildman–Crippen LogP) is 3.66. The van der Waals surface area contributed by atoms with Crippen LogP contribution in [0.5, 0.6) is 5.75 Å². The summed E-state index contributed by atoms with van der Waals surface area (Å²) in [4.78, 5) is 0. The van der Waals surface area contributed by atoms with Crippen molar-refractivity contribution in [3.05, 3.63) is 28.8 Å². The van der Waals surface area contributed by atoms with Crippen LogP contribution in [-0.2, 0) is 0 Å². The second kappa shape index (κ2) is 7.57. The molecule has 0 saturated carbocycles. The van der Waals surface area contributed by atoms with E-state index in [9.17, 15) is 0 Å². The lowest BCUT2D eigenvalue weighted by Crippen LogP contribution is -2.25. The predicted molar refractivity (Wildman–Crippen MR) is 74.0 cm³/mol. The Hall–Kier alpha value is -0.730. The highest BCUT2D eigenvalue weighted by molar-refractivity contribution is 6.30. The molecule has 0 aliphatic carbocycles. The molecule has 96 valence electrons. The van der Waals surface area contributed by atoms with Gasteiger partial charge in [0, 0.05) is 17.5 Å². The van der Waals surface area contributed by atoms with Gasteiger partial charge in [-0.05, 0) is 37.6 Å². The molecule has 0 heterocycles. The first kappa shape index (κ1) is 14.3. The Morgan fingerprint density at radius 3 is 2.88 bits per heavy atom. The van der Waals surface area contributed by atoms with E-state index in [1.807, 2.05) is 25.1 Å². The van der Waals surface area contributed by atoms with Gasteiger partial charge in [0.1, 0.15) is 5.75 Å². The molecule has 1 atom stereocenters. The normalized spacial score (nSPS) is 12.5. The van der Waals surface area contributed by atoms with Crippen molar-refractivity contribution < 1.29 is 4.74 Å². The highest BCUT2D eigenvalue weighted by Crippen LogP contribution is 2.22. The van der Waals surface area contributed by atoms with Crippen LogP contribution in [0.4, 0.5) is 0 Å². The van der Waals surface area contributed by atoms with Crippen molar-refractivity contribution in [2.45, 2.75) is 27.2 Å². The molecule has 1 aromatic rings. The molecule has 17 heavy (non-hydrogen) atoms. The molecule has 0 spiro atoms. The SMILES string of the molecule is CCCNCC(C)COc1cc(Cl)ccc1C. The number of benzene rings is 1. The van der Waals surface area contributed by atoms with Gasteiger partial charge < -0.3 is 10.1 Å². The quantitative estimate of drug-likeness (QED) is 0.751. The Labute approximate surface area is 109 Å². The minimum atomic E-state index is 0.500. The molecule has 1 rings (SSSR count). The molecule has 0 aromatic heterocycles. The Bertz CT molecular complexity index is 341. The standard InChI is InChI=1S/C14H22ClNO/c1-4-7-16-9-11(2)10-17-14-8-13(15)6-5-12(14)3/h5-6,8,11,16H,4,7,9-10H2,1-3H3. The minimum Gasteiger partial charge on any atom is -0.493 e. The first-order valence-electron chi connectivity index (χ1n) is 6.23. The van der Waals surface area contributed by atoms with E-state index in [0.717, 1.165) is 36.0 Å². The van der Waals surface area contributed by atoms with E-state index < -0.39 is 0 Å². The van der Waals surface area contributed by atoms with Crippen molar-refractivity contribution in [2.24, 2.45) is 5.92 Å². The van der Waals surface area contributed by atoms with Crippen molar-refractivity contribution in [3.8, 4) is 5.75 Å². The van der Waals surface area contributed by atoms with Crippen LogP contribution in [0.2, 0.25) is 5.02 Å². The third kappa shape index (κ3) is 5.42. The summed E-state index contributed by atoms with van der Waals surface area (Å²) in [6.07, 6.45) is 1.17. The van der Waals surface area contributed by atoms with Gasteiger partial charge in [-0.3, -0.25) is 0 Å². The smallest absolute Gasteiger partial charge is 0.123 e. The number of hydrogen-bond donors (Lipinski definition) is 1. The number of aryl methyl sites for hydroxylation is 1. The summed E-state index contributed by atoms with van der Waals surface area (Å²) in [5.41, 5.74) is 1.13. The second-order valence-corrected chi connectivity index (χ2v) is 4.97. The maximum atomic E-state index is 5.94. The summed E-state index contributed by atoms with van der Waals surface area (Å²) in [6, 6.07) is 5.75. The van der Waals surface area contributed by atoms with Gasteiger partial charge in [0.2, 0.25) is 0 Å². The van der Waals surface area contributed by atoms with Gasteiger partial charge in [0.25, 0.3) is 0 Å². The fourth-order valence-electron chi connectivity index (χ4n) is 1.55. The molecular formula is C14H22ClNO. The van der Waals surface area contributed by atoms with Crippen molar-refractivity contribution in [1.29, 1.82) is 0 Å². The molecule has 0 amide bonds. The zero-order chi connectivity index (χ0) is 12.7. The monoisotopic (exact) mass is 255 g/mol. The molecule has 0 aliphatic rings. The lowest BCUT2D eigenvalue weighted by atomic mass is 10.2. The molecule has 2 nitrogen and oxygen atoms in total. The van der Waals surface area contributed by atoms with Gasteiger partial charge in [0.15, 0.2) is 0 Å².